The van der Waals surface area contributed by atoms with Crippen LogP contribution in [-0.2, 0) is 16.1 Å². The summed E-state index contributed by atoms with van der Waals surface area (Å²) in [6.45, 7) is 3.72. The van der Waals surface area contributed by atoms with Crippen LogP contribution in [-0.4, -0.2) is 42.0 Å². The highest BCUT2D eigenvalue weighted by Gasteiger charge is 2.27. The first-order chi connectivity index (χ1) is 19.5. The second-order valence-electron chi connectivity index (χ2n) is 9.08. The summed E-state index contributed by atoms with van der Waals surface area (Å²) < 4.78 is 10.9. The molecule has 41 heavy (non-hydrogen) atoms. The number of nitrogens with zero attached hydrogens (tertiary/aromatic N) is 1. The van der Waals surface area contributed by atoms with Crippen molar-refractivity contribution in [2.45, 2.75) is 26.5 Å². The quantitative estimate of drug-likeness (QED) is 0.139. The molecular formula is C28H28Cl2N4O7. The van der Waals surface area contributed by atoms with Crippen LogP contribution >= 0.6 is 23.2 Å². The largest absolute Gasteiger partial charge is 0.491 e. The number of amides is 3. The molecule has 3 aromatic rings. The Bertz CT molecular complexity index is 1400. The number of nitrogens with one attached hydrogen (secondary N) is 3. The van der Waals surface area contributed by atoms with Crippen molar-refractivity contribution in [1.82, 2.24) is 10.6 Å². The molecule has 0 aliphatic carbocycles. The van der Waals surface area contributed by atoms with Gasteiger partial charge in [-0.2, -0.15) is 0 Å². The summed E-state index contributed by atoms with van der Waals surface area (Å²) in [7, 11) is 0. The van der Waals surface area contributed by atoms with Crippen molar-refractivity contribution in [3.63, 3.8) is 0 Å². The molecule has 0 spiro atoms. The molecular weight excluding hydrogens is 575 g/mol. The Labute approximate surface area is 246 Å². The molecule has 0 heterocycles. The van der Waals surface area contributed by atoms with Crippen molar-refractivity contribution in [3.05, 3.63) is 98.0 Å². The number of nitro benzene ring substituents is 1. The van der Waals surface area contributed by atoms with E-state index in [1.54, 1.807) is 19.9 Å². The second kappa shape index (κ2) is 14.9. The minimum absolute atomic E-state index is 0.0229. The number of non-ortho nitro benzene ring substituents is 1. The standard InChI is InChI=1S/C28H28Cl2N4O7/c1-17(2)25(27(36)32-23-10-9-20(34(38)39)15-22(23)30)33-26(35)21-14-19(29)8-11-24(21)40-13-12-31-28(37)41-16-18-6-4-3-5-7-18/h3-11,14-15,17,25H,12-13,16H2,1-2H3,(H,31,37)(H,32,36)(H,33,35)/t25-/m0/s1. The van der Waals surface area contributed by atoms with Gasteiger partial charge >= 0.3 is 6.09 Å². The summed E-state index contributed by atoms with van der Waals surface area (Å²) >= 11 is 12.2. The van der Waals surface area contributed by atoms with Crippen LogP contribution < -0.4 is 20.7 Å². The third kappa shape index (κ3) is 9.37. The number of ether oxygens (including phenoxy) is 2. The first-order valence-electron chi connectivity index (χ1n) is 12.5. The molecule has 3 amide bonds. The smallest absolute Gasteiger partial charge is 0.407 e. The fourth-order valence-corrected chi connectivity index (χ4v) is 3.97. The molecule has 216 valence electrons. The number of hydrogen-bond acceptors (Lipinski definition) is 7. The van der Waals surface area contributed by atoms with E-state index in [0.29, 0.717) is 0 Å². The maximum absolute atomic E-state index is 13.2. The van der Waals surface area contributed by atoms with E-state index in [-0.39, 0.29) is 58.4 Å². The molecule has 0 aromatic heterocycles. The van der Waals surface area contributed by atoms with Crippen LogP contribution in [0.1, 0.15) is 29.8 Å². The number of halogens is 2. The molecule has 3 N–H and O–H groups in total. The first-order valence-corrected chi connectivity index (χ1v) is 13.2. The molecule has 0 aliphatic rings. The van der Waals surface area contributed by atoms with Gasteiger partial charge in [0.05, 0.1) is 27.7 Å². The third-order valence-corrected chi connectivity index (χ3v) is 6.23. The summed E-state index contributed by atoms with van der Waals surface area (Å²) in [6, 6.07) is 16.3. The molecule has 0 fully saturated rings. The molecule has 1 atom stereocenters. The Balaban J connectivity index is 1.59. The maximum atomic E-state index is 13.2. The van der Waals surface area contributed by atoms with Crippen molar-refractivity contribution in [1.29, 1.82) is 0 Å². The summed E-state index contributed by atoms with van der Waals surface area (Å²) in [5.41, 5.74) is 0.856. The van der Waals surface area contributed by atoms with Crippen LogP contribution in [0.5, 0.6) is 5.75 Å². The topological polar surface area (TPSA) is 149 Å². The lowest BCUT2D eigenvalue weighted by Crippen LogP contribution is -2.47. The number of carbonyl (C=O) groups excluding carboxylic acids is 3. The van der Waals surface area contributed by atoms with Crippen LogP contribution in [0.3, 0.4) is 0 Å². The number of carbonyl (C=O) groups is 3. The van der Waals surface area contributed by atoms with Crippen molar-refractivity contribution < 1.29 is 28.8 Å². The summed E-state index contributed by atoms with van der Waals surface area (Å²) in [4.78, 5) is 48.5. The first kappa shape index (κ1) is 31.2. The minimum Gasteiger partial charge on any atom is -0.491 e. The van der Waals surface area contributed by atoms with Crippen molar-refractivity contribution in [2.75, 3.05) is 18.5 Å². The predicted molar refractivity (Wildman–Crippen MR) is 154 cm³/mol. The van der Waals surface area contributed by atoms with Crippen molar-refractivity contribution in [3.8, 4) is 5.75 Å². The van der Waals surface area contributed by atoms with Gasteiger partial charge in [0.15, 0.2) is 0 Å². The number of anilines is 1. The molecule has 11 nitrogen and oxygen atoms in total. The Morgan fingerprint density at radius 3 is 2.39 bits per heavy atom. The Morgan fingerprint density at radius 2 is 1.73 bits per heavy atom. The van der Waals surface area contributed by atoms with Gasteiger partial charge in [0.1, 0.15) is 25.0 Å². The Hall–Kier alpha value is -4.35. The highest BCUT2D eigenvalue weighted by Crippen LogP contribution is 2.27. The highest BCUT2D eigenvalue weighted by molar-refractivity contribution is 6.34. The third-order valence-electron chi connectivity index (χ3n) is 5.69. The van der Waals surface area contributed by atoms with Gasteiger partial charge in [0, 0.05) is 17.2 Å². The highest BCUT2D eigenvalue weighted by atomic mass is 35.5. The zero-order valence-electron chi connectivity index (χ0n) is 22.2. The number of hydrogen-bond donors (Lipinski definition) is 3. The number of rotatable bonds is 12. The minimum atomic E-state index is -0.998. The van der Waals surface area contributed by atoms with Gasteiger partial charge in [0.2, 0.25) is 5.91 Å². The molecule has 0 saturated carbocycles. The van der Waals surface area contributed by atoms with Crippen LogP contribution in [0, 0.1) is 16.0 Å². The van der Waals surface area contributed by atoms with Crippen molar-refractivity contribution >= 4 is 52.5 Å². The lowest BCUT2D eigenvalue weighted by Gasteiger charge is -2.23. The molecule has 0 saturated heterocycles. The van der Waals surface area contributed by atoms with Gasteiger partial charge in [-0.3, -0.25) is 19.7 Å². The second-order valence-corrected chi connectivity index (χ2v) is 9.93. The number of alkyl carbamates (subject to hydrolysis) is 1. The Morgan fingerprint density at radius 1 is 1.00 bits per heavy atom. The average Bonchev–Trinajstić information content (AvgIpc) is 2.94. The summed E-state index contributed by atoms with van der Waals surface area (Å²) in [5, 5.41) is 19.0. The van der Waals surface area contributed by atoms with Gasteiger partial charge in [-0.05, 0) is 35.7 Å². The lowest BCUT2D eigenvalue weighted by molar-refractivity contribution is -0.384. The van der Waals surface area contributed by atoms with Crippen LogP contribution in [0.15, 0.2) is 66.7 Å². The summed E-state index contributed by atoms with van der Waals surface area (Å²) in [6.07, 6.45) is -0.620. The number of benzene rings is 3. The summed E-state index contributed by atoms with van der Waals surface area (Å²) in [5.74, 6) is -1.36. The van der Waals surface area contributed by atoms with E-state index >= 15 is 0 Å². The molecule has 0 unspecified atom stereocenters. The zero-order chi connectivity index (χ0) is 29.9. The van der Waals surface area contributed by atoms with Crippen LogP contribution in [0.4, 0.5) is 16.2 Å². The number of nitro groups is 1. The molecule has 3 rings (SSSR count). The molecule has 0 bridgehead atoms. The van der Waals surface area contributed by atoms with E-state index in [1.165, 1.54) is 24.3 Å². The molecule has 0 radical (unpaired) electrons. The monoisotopic (exact) mass is 602 g/mol. The van der Waals surface area contributed by atoms with Gasteiger partial charge < -0.3 is 25.4 Å². The Kier molecular flexibility index (Phi) is 11.3. The van der Waals surface area contributed by atoms with E-state index in [0.717, 1.165) is 11.6 Å². The fourth-order valence-electron chi connectivity index (χ4n) is 3.58. The zero-order valence-corrected chi connectivity index (χ0v) is 23.7. The molecule has 13 heteroatoms. The van der Waals surface area contributed by atoms with E-state index in [2.05, 4.69) is 16.0 Å². The van der Waals surface area contributed by atoms with E-state index in [9.17, 15) is 24.5 Å². The van der Waals surface area contributed by atoms with Crippen molar-refractivity contribution in [2.24, 2.45) is 5.92 Å². The van der Waals surface area contributed by atoms with Gasteiger partial charge in [0.25, 0.3) is 11.6 Å². The van der Waals surface area contributed by atoms with E-state index < -0.39 is 28.9 Å². The van der Waals surface area contributed by atoms with Crippen LogP contribution in [0.25, 0.3) is 0 Å². The molecule has 0 aliphatic heterocycles. The predicted octanol–water partition coefficient (Wildman–Crippen LogP) is 5.60. The molecule has 3 aromatic carbocycles. The van der Waals surface area contributed by atoms with E-state index in [4.69, 9.17) is 32.7 Å². The van der Waals surface area contributed by atoms with Gasteiger partial charge in [-0.1, -0.05) is 67.4 Å². The normalized spacial score (nSPS) is 11.3. The average molecular weight is 603 g/mol. The van der Waals surface area contributed by atoms with Gasteiger partial charge in [-0.25, -0.2) is 4.79 Å². The lowest BCUT2D eigenvalue weighted by atomic mass is 10.0. The maximum Gasteiger partial charge on any atom is 0.407 e. The van der Waals surface area contributed by atoms with Gasteiger partial charge in [-0.15, -0.1) is 0 Å². The SMILES string of the molecule is CC(C)[C@H](NC(=O)c1cc(Cl)ccc1OCCNC(=O)OCc1ccccc1)C(=O)Nc1ccc([N+](=O)[O-])cc1Cl. The fraction of sp³-hybridized carbons (Fsp3) is 0.250. The van der Waals surface area contributed by atoms with Crippen LogP contribution in [0.2, 0.25) is 10.0 Å². The van der Waals surface area contributed by atoms with E-state index in [1.807, 2.05) is 30.3 Å².